The second-order valence-electron chi connectivity index (χ2n) is 4.20. The van der Waals surface area contributed by atoms with Gasteiger partial charge in [-0.15, -0.1) is 0 Å². The highest BCUT2D eigenvalue weighted by atomic mass is 16.3. The Kier molecular flexibility index (Phi) is 3.11. The molecule has 1 unspecified atom stereocenters. The summed E-state index contributed by atoms with van der Waals surface area (Å²) in [7, 11) is 0. The van der Waals surface area contributed by atoms with E-state index >= 15 is 0 Å². The van der Waals surface area contributed by atoms with E-state index in [1.807, 2.05) is 36.4 Å². The number of hydrogen-bond donors (Lipinski definition) is 2. The smallest absolute Gasteiger partial charge is 0.219 e. The lowest BCUT2D eigenvalue weighted by molar-refractivity contribution is -0.124. The van der Waals surface area contributed by atoms with Gasteiger partial charge in [0, 0.05) is 13.3 Å². The van der Waals surface area contributed by atoms with Crippen LogP contribution in [-0.2, 0) is 4.79 Å². The van der Waals surface area contributed by atoms with Crippen LogP contribution < -0.4 is 5.32 Å². The molecule has 0 bridgehead atoms. The Morgan fingerprint density at radius 3 is 2.71 bits per heavy atom. The quantitative estimate of drug-likeness (QED) is 0.760. The molecule has 1 atom stereocenters. The minimum Gasteiger partial charge on any atom is -0.367 e. The Hall–Kier alpha value is -1.87. The molecule has 0 radical (unpaired) electrons. The van der Waals surface area contributed by atoms with Gasteiger partial charge in [0.05, 0.1) is 0 Å². The molecule has 1 aliphatic rings. The molecule has 0 aliphatic heterocycles. The fourth-order valence-corrected chi connectivity index (χ4v) is 1.97. The molecule has 0 spiro atoms. The fraction of sp³-hybridized carbons (Fsp3) is 0.214. The van der Waals surface area contributed by atoms with E-state index in [9.17, 15) is 9.90 Å². The molecule has 3 heteroatoms. The Morgan fingerprint density at radius 1 is 1.35 bits per heavy atom. The van der Waals surface area contributed by atoms with Gasteiger partial charge in [0.1, 0.15) is 0 Å². The van der Waals surface area contributed by atoms with Gasteiger partial charge in [-0.2, -0.15) is 0 Å². The highest BCUT2D eigenvalue weighted by Gasteiger charge is 2.28. The van der Waals surface area contributed by atoms with Gasteiger partial charge in [-0.05, 0) is 17.2 Å². The van der Waals surface area contributed by atoms with Crippen molar-refractivity contribution in [2.24, 2.45) is 0 Å². The first-order chi connectivity index (χ1) is 8.09. The Bertz CT molecular complexity index is 476. The van der Waals surface area contributed by atoms with Gasteiger partial charge in [-0.3, -0.25) is 4.79 Å². The minimum atomic E-state index is -1.27. The lowest BCUT2D eigenvalue weighted by Crippen LogP contribution is -2.46. The van der Waals surface area contributed by atoms with E-state index in [4.69, 9.17) is 0 Å². The maximum atomic E-state index is 11.0. The van der Waals surface area contributed by atoms with Crippen LogP contribution in [0.15, 0.2) is 48.6 Å². The highest BCUT2D eigenvalue weighted by Crippen LogP contribution is 2.28. The molecule has 17 heavy (non-hydrogen) atoms. The molecule has 1 aliphatic carbocycles. The van der Waals surface area contributed by atoms with Gasteiger partial charge in [0.15, 0.2) is 5.72 Å². The summed E-state index contributed by atoms with van der Waals surface area (Å²) in [5, 5.41) is 12.8. The van der Waals surface area contributed by atoms with Crippen molar-refractivity contribution < 1.29 is 9.90 Å². The van der Waals surface area contributed by atoms with Gasteiger partial charge < -0.3 is 10.4 Å². The van der Waals surface area contributed by atoms with Crippen molar-refractivity contribution >= 4 is 11.5 Å². The van der Waals surface area contributed by atoms with Crippen LogP contribution in [0.25, 0.3) is 5.57 Å². The van der Waals surface area contributed by atoms with Crippen LogP contribution in [0.2, 0.25) is 0 Å². The average molecular weight is 229 g/mol. The van der Waals surface area contributed by atoms with Gasteiger partial charge in [-0.25, -0.2) is 0 Å². The molecule has 1 aromatic rings. The summed E-state index contributed by atoms with van der Waals surface area (Å²) in [4.78, 5) is 11.0. The predicted molar refractivity (Wildman–Crippen MR) is 66.9 cm³/mol. The van der Waals surface area contributed by atoms with Crippen LogP contribution in [0, 0.1) is 0 Å². The maximum absolute atomic E-state index is 11.0. The molecule has 2 N–H and O–H groups in total. The summed E-state index contributed by atoms with van der Waals surface area (Å²) in [6.45, 7) is 1.40. The number of nitrogens with one attached hydrogen (secondary N) is 1. The van der Waals surface area contributed by atoms with Gasteiger partial charge in [-0.1, -0.05) is 42.5 Å². The molecule has 1 amide bonds. The largest absolute Gasteiger partial charge is 0.367 e. The van der Waals surface area contributed by atoms with Crippen molar-refractivity contribution in [3.63, 3.8) is 0 Å². The van der Waals surface area contributed by atoms with Crippen molar-refractivity contribution in [1.29, 1.82) is 0 Å². The normalized spacial score (nSPS) is 23.1. The summed E-state index contributed by atoms with van der Waals surface area (Å²) in [6.07, 6.45) is 5.70. The van der Waals surface area contributed by atoms with Crippen LogP contribution in [0.4, 0.5) is 0 Å². The fourth-order valence-electron chi connectivity index (χ4n) is 1.97. The Morgan fingerprint density at radius 2 is 2.06 bits per heavy atom. The van der Waals surface area contributed by atoms with E-state index < -0.39 is 5.72 Å². The van der Waals surface area contributed by atoms with E-state index in [1.54, 1.807) is 12.2 Å². The third-order valence-electron chi connectivity index (χ3n) is 2.67. The van der Waals surface area contributed by atoms with E-state index in [-0.39, 0.29) is 5.91 Å². The zero-order valence-corrected chi connectivity index (χ0v) is 9.68. The highest BCUT2D eigenvalue weighted by molar-refractivity contribution is 5.76. The first-order valence-electron chi connectivity index (χ1n) is 5.54. The predicted octanol–water partition coefficient (Wildman–Crippen LogP) is 1.85. The first kappa shape index (κ1) is 11.6. The molecule has 1 aromatic carbocycles. The summed E-state index contributed by atoms with van der Waals surface area (Å²) in [5.41, 5.74) is 0.788. The number of carbonyl (C=O) groups is 1. The van der Waals surface area contributed by atoms with Crippen molar-refractivity contribution in [2.45, 2.75) is 19.1 Å². The molecule has 0 fully saturated rings. The van der Waals surface area contributed by atoms with E-state index in [1.165, 1.54) is 6.92 Å². The van der Waals surface area contributed by atoms with Crippen LogP contribution in [0.5, 0.6) is 0 Å². The van der Waals surface area contributed by atoms with Crippen molar-refractivity contribution in [3.8, 4) is 0 Å². The number of benzene rings is 1. The molecule has 3 nitrogen and oxygen atoms in total. The summed E-state index contributed by atoms with van der Waals surface area (Å²) >= 11 is 0. The molecule has 88 valence electrons. The molecule has 2 rings (SSSR count). The zero-order chi connectivity index (χ0) is 12.3. The Labute approximate surface area is 100 Å². The van der Waals surface area contributed by atoms with Crippen molar-refractivity contribution in [1.82, 2.24) is 5.32 Å². The second-order valence-corrected chi connectivity index (χ2v) is 4.20. The van der Waals surface area contributed by atoms with Crippen molar-refractivity contribution in [2.75, 3.05) is 0 Å². The monoisotopic (exact) mass is 229 g/mol. The molecule has 0 heterocycles. The van der Waals surface area contributed by atoms with Crippen molar-refractivity contribution in [3.05, 3.63) is 54.1 Å². The van der Waals surface area contributed by atoms with Crippen LogP contribution in [0.3, 0.4) is 0 Å². The number of allylic oxidation sites excluding steroid dienone is 2. The molecular formula is C14H15NO2. The molecule has 0 saturated heterocycles. The number of aliphatic hydroxyl groups is 1. The van der Waals surface area contributed by atoms with Crippen LogP contribution >= 0.6 is 0 Å². The van der Waals surface area contributed by atoms with Crippen LogP contribution in [0.1, 0.15) is 18.9 Å². The number of hydrogen-bond acceptors (Lipinski definition) is 2. The summed E-state index contributed by atoms with van der Waals surface area (Å²) in [5.74, 6) is -0.244. The number of amides is 1. The summed E-state index contributed by atoms with van der Waals surface area (Å²) in [6, 6.07) is 9.82. The number of carbonyl (C=O) groups excluding carboxylic acids is 1. The maximum Gasteiger partial charge on any atom is 0.219 e. The summed E-state index contributed by atoms with van der Waals surface area (Å²) < 4.78 is 0. The Balaban J connectivity index is 2.21. The molecule has 0 saturated carbocycles. The van der Waals surface area contributed by atoms with Gasteiger partial charge >= 0.3 is 0 Å². The molecule has 0 aromatic heterocycles. The minimum absolute atomic E-state index is 0.244. The third-order valence-corrected chi connectivity index (χ3v) is 2.67. The third kappa shape index (κ3) is 2.82. The first-order valence-corrected chi connectivity index (χ1v) is 5.54. The van der Waals surface area contributed by atoms with Gasteiger partial charge in [0.2, 0.25) is 5.91 Å². The lowest BCUT2D eigenvalue weighted by atomic mass is 9.92. The molecular weight excluding hydrogens is 214 g/mol. The topological polar surface area (TPSA) is 49.3 Å². The number of rotatable bonds is 2. The van der Waals surface area contributed by atoms with E-state index in [0.717, 1.165) is 11.1 Å². The average Bonchev–Trinajstić information content (AvgIpc) is 2.28. The van der Waals surface area contributed by atoms with E-state index in [0.29, 0.717) is 6.42 Å². The lowest BCUT2D eigenvalue weighted by Gasteiger charge is -2.29. The SMILES string of the molecule is CC(=O)NC1(O)C=CC=C(c2ccccc2)C1. The van der Waals surface area contributed by atoms with Gasteiger partial charge in [0.25, 0.3) is 0 Å². The van der Waals surface area contributed by atoms with Crippen LogP contribution in [-0.4, -0.2) is 16.7 Å². The van der Waals surface area contributed by atoms with E-state index in [2.05, 4.69) is 5.32 Å². The zero-order valence-electron chi connectivity index (χ0n) is 9.68. The standard InChI is InChI=1S/C14H15NO2/c1-11(16)15-14(17)9-5-8-13(10-14)12-6-3-2-4-7-12/h2-9,17H,10H2,1H3,(H,15,16). The second kappa shape index (κ2) is 4.55.